The molecule has 2 aromatic rings. The van der Waals surface area contributed by atoms with Crippen LogP contribution >= 0.6 is 0 Å². The van der Waals surface area contributed by atoms with Gasteiger partial charge in [-0.15, -0.1) is 6.42 Å². The summed E-state index contributed by atoms with van der Waals surface area (Å²) in [6.45, 7) is 3.69. The van der Waals surface area contributed by atoms with Crippen molar-refractivity contribution in [2.45, 2.75) is 56.6 Å². The number of aliphatic hydroxyl groups is 1. The molecule has 33 heavy (non-hydrogen) atoms. The van der Waals surface area contributed by atoms with Crippen LogP contribution in [0.3, 0.4) is 0 Å². The average Bonchev–Trinajstić information content (AvgIpc) is 2.86. The SMILES string of the molecule is C#C[C@H]1CCc2ccc(CC)cc2N1S(=O)(=O)c1ccc(OCC2CCOCC2)c(CO)c1. The summed E-state index contributed by atoms with van der Waals surface area (Å²) in [6, 6.07) is 10.1. The number of ether oxygens (including phenoxy) is 2. The van der Waals surface area contributed by atoms with Gasteiger partial charge in [0, 0.05) is 18.8 Å². The van der Waals surface area contributed by atoms with E-state index in [0.717, 1.165) is 50.0 Å². The molecule has 176 valence electrons. The van der Waals surface area contributed by atoms with Gasteiger partial charge < -0.3 is 14.6 Å². The Balaban J connectivity index is 1.65. The third kappa shape index (κ3) is 4.89. The van der Waals surface area contributed by atoms with E-state index in [4.69, 9.17) is 15.9 Å². The van der Waals surface area contributed by atoms with Gasteiger partial charge in [0.25, 0.3) is 10.0 Å². The Morgan fingerprint density at radius 1 is 1.18 bits per heavy atom. The van der Waals surface area contributed by atoms with Crippen molar-refractivity contribution in [1.82, 2.24) is 0 Å². The predicted octanol–water partition coefficient (Wildman–Crippen LogP) is 3.69. The van der Waals surface area contributed by atoms with Crippen molar-refractivity contribution in [2.24, 2.45) is 5.92 Å². The normalized spacial score (nSPS) is 19.1. The lowest BCUT2D eigenvalue weighted by molar-refractivity contribution is 0.0494. The molecule has 6 nitrogen and oxygen atoms in total. The first-order valence-corrected chi connectivity index (χ1v) is 13.0. The topological polar surface area (TPSA) is 76.1 Å². The number of rotatable bonds is 7. The molecule has 0 aromatic heterocycles. The summed E-state index contributed by atoms with van der Waals surface area (Å²) in [7, 11) is -3.94. The smallest absolute Gasteiger partial charge is 0.265 e. The van der Waals surface area contributed by atoms with Crippen LogP contribution in [0.15, 0.2) is 41.3 Å². The molecule has 2 heterocycles. The van der Waals surface area contributed by atoms with E-state index in [9.17, 15) is 13.5 Å². The number of sulfonamides is 1. The van der Waals surface area contributed by atoms with E-state index in [0.29, 0.717) is 35.9 Å². The Labute approximate surface area is 196 Å². The van der Waals surface area contributed by atoms with Crippen molar-refractivity contribution in [1.29, 1.82) is 0 Å². The molecule has 0 bridgehead atoms. The minimum atomic E-state index is -3.94. The minimum Gasteiger partial charge on any atom is -0.493 e. The van der Waals surface area contributed by atoms with Gasteiger partial charge in [-0.05, 0) is 73.4 Å². The van der Waals surface area contributed by atoms with Gasteiger partial charge in [-0.25, -0.2) is 8.42 Å². The minimum absolute atomic E-state index is 0.0972. The van der Waals surface area contributed by atoms with Crippen molar-refractivity contribution >= 4 is 15.7 Å². The molecule has 0 radical (unpaired) electrons. The van der Waals surface area contributed by atoms with E-state index in [1.54, 1.807) is 12.1 Å². The van der Waals surface area contributed by atoms with E-state index in [1.807, 2.05) is 25.1 Å². The second-order valence-corrected chi connectivity index (χ2v) is 10.4. The number of hydrogen-bond donors (Lipinski definition) is 1. The van der Waals surface area contributed by atoms with Crippen molar-refractivity contribution in [2.75, 3.05) is 24.1 Å². The van der Waals surface area contributed by atoms with Crippen LogP contribution in [0, 0.1) is 18.3 Å². The van der Waals surface area contributed by atoms with Gasteiger partial charge in [0.2, 0.25) is 0 Å². The van der Waals surface area contributed by atoms with E-state index >= 15 is 0 Å². The molecule has 1 N–H and O–H groups in total. The zero-order chi connectivity index (χ0) is 23.4. The first kappa shape index (κ1) is 23.6. The highest BCUT2D eigenvalue weighted by molar-refractivity contribution is 7.92. The van der Waals surface area contributed by atoms with Gasteiger partial charge in [0.15, 0.2) is 0 Å². The Kier molecular flexibility index (Phi) is 7.28. The highest BCUT2D eigenvalue weighted by Gasteiger charge is 2.35. The maximum atomic E-state index is 13.8. The van der Waals surface area contributed by atoms with E-state index in [-0.39, 0.29) is 11.5 Å². The standard InChI is InChI=1S/C26H31NO5S/c1-3-19-5-6-21-7-8-23(4-2)27(25(21)15-19)33(29,30)24-9-10-26(22(16-24)17-28)32-18-20-11-13-31-14-12-20/h2,5-6,9-10,15-16,20,23,28H,3,7-8,11-14,17-18H2,1H3/t23-/m0/s1. The van der Waals surface area contributed by atoms with Gasteiger partial charge in [-0.2, -0.15) is 0 Å². The lowest BCUT2D eigenvalue weighted by Gasteiger charge is -2.35. The maximum Gasteiger partial charge on any atom is 0.265 e. The molecule has 0 aliphatic carbocycles. The highest BCUT2D eigenvalue weighted by atomic mass is 32.2. The van der Waals surface area contributed by atoms with Crippen molar-refractivity contribution in [3.05, 3.63) is 53.1 Å². The number of anilines is 1. The van der Waals surface area contributed by atoms with Crippen LogP contribution < -0.4 is 9.04 Å². The molecule has 2 aliphatic heterocycles. The molecule has 2 aliphatic rings. The van der Waals surface area contributed by atoms with Crippen molar-refractivity contribution in [3.63, 3.8) is 0 Å². The molecule has 2 aromatic carbocycles. The number of aliphatic hydroxyl groups excluding tert-OH is 1. The molecule has 0 amide bonds. The zero-order valence-electron chi connectivity index (χ0n) is 19.0. The molecule has 1 saturated heterocycles. The fraction of sp³-hybridized carbons (Fsp3) is 0.462. The first-order valence-electron chi connectivity index (χ1n) is 11.5. The molecule has 0 spiro atoms. The molecule has 1 fully saturated rings. The zero-order valence-corrected chi connectivity index (χ0v) is 19.8. The molecular weight excluding hydrogens is 438 g/mol. The summed E-state index contributed by atoms with van der Waals surface area (Å²) in [6.07, 6.45) is 9.73. The first-order chi connectivity index (χ1) is 16.0. The third-order valence-corrected chi connectivity index (χ3v) is 8.35. The highest BCUT2D eigenvalue weighted by Crippen LogP contribution is 2.37. The fourth-order valence-electron chi connectivity index (χ4n) is 4.49. The van der Waals surface area contributed by atoms with Crippen LogP contribution in [0.2, 0.25) is 0 Å². The molecule has 0 saturated carbocycles. The van der Waals surface area contributed by atoms with Gasteiger partial charge in [-0.3, -0.25) is 4.31 Å². The number of terminal acetylenes is 1. The fourth-order valence-corrected chi connectivity index (χ4v) is 6.17. The van der Waals surface area contributed by atoms with Crippen LogP contribution in [0.5, 0.6) is 5.75 Å². The summed E-state index contributed by atoms with van der Waals surface area (Å²) in [4.78, 5) is 0.0972. The average molecular weight is 470 g/mol. The van der Waals surface area contributed by atoms with Gasteiger partial charge >= 0.3 is 0 Å². The van der Waals surface area contributed by atoms with Crippen LogP contribution in [0.4, 0.5) is 5.69 Å². The second-order valence-electron chi connectivity index (χ2n) is 8.63. The van der Waals surface area contributed by atoms with Crippen molar-refractivity contribution < 1.29 is 23.0 Å². The van der Waals surface area contributed by atoms with Gasteiger partial charge in [0.1, 0.15) is 11.8 Å². The summed E-state index contributed by atoms with van der Waals surface area (Å²) in [5, 5.41) is 9.94. The molecule has 0 unspecified atom stereocenters. The number of benzene rings is 2. The number of fused-ring (bicyclic) bond motifs is 1. The maximum absolute atomic E-state index is 13.8. The van der Waals surface area contributed by atoms with Gasteiger partial charge in [-0.1, -0.05) is 25.0 Å². The molecule has 7 heteroatoms. The lowest BCUT2D eigenvalue weighted by atomic mass is 9.96. The quantitative estimate of drug-likeness (QED) is 0.626. The Morgan fingerprint density at radius 3 is 2.67 bits per heavy atom. The molecule has 4 rings (SSSR count). The predicted molar refractivity (Wildman–Crippen MR) is 128 cm³/mol. The van der Waals surface area contributed by atoms with Crippen LogP contribution in [0.1, 0.15) is 42.9 Å². The van der Waals surface area contributed by atoms with Crippen LogP contribution in [-0.2, 0) is 34.2 Å². The monoisotopic (exact) mass is 469 g/mol. The Bertz CT molecular complexity index is 1130. The lowest BCUT2D eigenvalue weighted by Crippen LogP contribution is -2.43. The van der Waals surface area contributed by atoms with E-state index < -0.39 is 16.1 Å². The van der Waals surface area contributed by atoms with Crippen LogP contribution in [0.25, 0.3) is 0 Å². The second kappa shape index (κ2) is 10.2. The third-order valence-electron chi connectivity index (χ3n) is 6.53. The van der Waals surface area contributed by atoms with E-state index in [2.05, 4.69) is 5.92 Å². The summed E-state index contributed by atoms with van der Waals surface area (Å²) in [5.74, 6) is 3.56. The summed E-state index contributed by atoms with van der Waals surface area (Å²) < 4.78 is 40.3. The molecular formula is C26H31NO5S. The Morgan fingerprint density at radius 2 is 1.97 bits per heavy atom. The van der Waals surface area contributed by atoms with E-state index in [1.165, 1.54) is 10.4 Å². The largest absolute Gasteiger partial charge is 0.493 e. The summed E-state index contributed by atoms with van der Waals surface area (Å²) >= 11 is 0. The number of hydrogen-bond acceptors (Lipinski definition) is 5. The van der Waals surface area contributed by atoms with Crippen LogP contribution in [-0.4, -0.2) is 39.4 Å². The number of nitrogens with zero attached hydrogens (tertiary/aromatic N) is 1. The van der Waals surface area contributed by atoms with Gasteiger partial charge in [0.05, 0.1) is 23.8 Å². The van der Waals surface area contributed by atoms with Crippen molar-refractivity contribution in [3.8, 4) is 18.1 Å². The number of aryl methyl sites for hydroxylation is 2. The Hall–Kier alpha value is -2.53. The summed E-state index contributed by atoms with van der Waals surface area (Å²) in [5.41, 5.74) is 3.12. The molecule has 1 atom stereocenters.